The van der Waals surface area contributed by atoms with Crippen molar-refractivity contribution in [1.29, 1.82) is 0 Å². The van der Waals surface area contributed by atoms with Crippen molar-refractivity contribution in [3.8, 4) is 11.4 Å². The summed E-state index contributed by atoms with van der Waals surface area (Å²) < 4.78 is 42.7. The fraction of sp³-hybridized carbons (Fsp3) is 0.333. The van der Waals surface area contributed by atoms with Gasteiger partial charge >= 0.3 is 12.2 Å². The van der Waals surface area contributed by atoms with Crippen LogP contribution in [0.1, 0.15) is 19.4 Å². The standard InChI is InChI=1S/C12H12F3N3O/c1-7(2)16-11-17-10(18-19-11)8-4-3-5-9(6-8)12(13,14)15/h3-7H,1-2H3,(H,16,17,18). The molecule has 1 aromatic heterocycles. The predicted molar refractivity (Wildman–Crippen MR) is 63.5 cm³/mol. The molecule has 0 atom stereocenters. The highest BCUT2D eigenvalue weighted by molar-refractivity contribution is 5.57. The number of rotatable bonds is 3. The van der Waals surface area contributed by atoms with Crippen LogP contribution in [-0.2, 0) is 6.18 Å². The summed E-state index contributed by atoms with van der Waals surface area (Å²) >= 11 is 0. The maximum Gasteiger partial charge on any atom is 0.416 e. The predicted octanol–water partition coefficient (Wildman–Crippen LogP) is 3.58. The second kappa shape index (κ2) is 4.91. The molecule has 2 rings (SSSR count). The van der Waals surface area contributed by atoms with Gasteiger partial charge in [0, 0.05) is 11.6 Å². The van der Waals surface area contributed by atoms with Crippen molar-refractivity contribution < 1.29 is 17.7 Å². The molecule has 102 valence electrons. The zero-order chi connectivity index (χ0) is 14.0. The average Bonchev–Trinajstić information content (AvgIpc) is 2.76. The summed E-state index contributed by atoms with van der Waals surface area (Å²) in [6.07, 6.45) is -4.39. The van der Waals surface area contributed by atoms with E-state index in [1.807, 2.05) is 13.8 Å². The van der Waals surface area contributed by atoms with E-state index in [4.69, 9.17) is 4.52 Å². The lowest BCUT2D eigenvalue weighted by Gasteiger charge is -2.06. The van der Waals surface area contributed by atoms with Crippen LogP contribution in [0.2, 0.25) is 0 Å². The molecule has 0 unspecified atom stereocenters. The third-order valence-electron chi connectivity index (χ3n) is 2.29. The number of nitrogens with one attached hydrogen (secondary N) is 1. The highest BCUT2D eigenvalue weighted by Crippen LogP contribution is 2.31. The lowest BCUT2D eigenvalue weighted by molar-refractivity contribution is -0.137. The maximum absolute atomic E-state index is 12.6. The van der Waals surface area contributed by atoms with E-state index < -0.39 is 11.7 Å². The topological polar surface area (TPSA) is 51.0 Å². The number of nitrogens with zero attached hydrogens (tertiary/aromatic N) is 2. The Bertz CT molecular complexity index is 563. The molecule has 0 spiro atoms. The van der Waals surface area contributed by atoms with Crippen LogP contribution in [0.15, 0.2) is 28.8 Å². The number of alkyl halides is 3. The Morgan fingerprint density at radius 2 is 2.00 bits per heavy atom. The summed E-state index contributed by atoms with van der Waals surface area (Å²) in [7, 11) is 0. The number of benzene rings is 1. The molecule has 1 aromatic carbocycles. The zero-order valence-electron chi connectivity index (χ0n) is 10.3. The molecule has 0 bridgehead atoms. The Morgan fingerprint density at radius 1 is 1.26 bits per heavy atom. The van der Waals surface area contributed by atoms with Crippen LogP contribution in [0, 0.1) is 0 Å². The van der Waals surface area contributed by atoms with Crippen LogP contribution in [0.5, 0.6) is 0 Å². The highest BCUT2D eigenvalue weighted by Gasteiger charge is 2.30. The number of halogens is 3. The maximum atomic E-state index is 12.6. The van der Waals surface area contributed by atoms with Gasteiger partial charge in [-0.1, -0.05) is 17.3 Å². The quantitative estimate of drug-likeness (QED) is 0.927. The molecule has 2 aromatic rings. The molecule has 19 heavy (non-hydrogen) atoms. The van der Waals surface area contributed by atoms with E-state index in [1.165, 1.54) is 12.1 Å². The molecule has 0 saturated carbocycles. The van der Waals surface area contributed by atoms with E-state index in [1.54, 1.807) is 0 Å². The van der Waals surface area contributed by atoms with Crippen LogP contribution in [0.3, 0.4) is 0 Å². The third kappa shape index (κ3) is 3.24. The molecule has 0 aliphatic rings. The molecule has 0 fully saturated rings. The smallest absolute Gasteiger partial charge is 0.336 e. The van der Waals surface area contributed by atoms with Gasteiger partial charge in [-0.3, -0.25) is 0 Å². The summed E-state index contributed by atoms with van der Waals surface area (Å²) in [6.45, 7) is 3.77. The zero-order valence-corrected chi connectivity index (χ0v) is 10.3. The van der Waals surface area contributed by atoms with Crippen molar-refractivity contribution in [2.45, 2.75) is 26.1 Å². The lowest BCUT2D eigenvalue weighted by atomic mass is 10.1. The summed E-state index contributed by atoms with van der Waals surface area (Å²) in [5.74, 6) is 0.120. The van der Waals surface area contributed by atoms with E-state index in [2.05, 4.69) is 15.5 Å². The Morgan fingerprint density at radius 3 is 2.63 bits per heavy atom. The van der Waals surface area contributed by atoms with E-state index in [0.29, 0.717) is 0 Å². The van der Waals surface area contributed by atoms with Gasteiger partial charge in [-0.05, 0) is 26.0 Å². The van der Waals surface area contributed by atoms with Gasteiger partial charge in [0.15, 0.2) is 0 Å². The van der Waals surface area contributed by atoms with Crippen molar-refractivity contribution in [2.75, 3.05) is 5.32 Å². The fourth-order valence-electron chi connectivity index (χ4n) is 1.48. The molecule has 7 heteroatoms. The van der Waals surface area contributed by atoms with Gasteiger partial charge in [-0.15, -0.1) is 0 Å². The van der Waals surface area contributed by atoms with Crippen LogP contribution in [-0.4, -0.2) is 16.2 Å². The van der Waals surface area contributed by atoms with Crippen molar-refractivity contribution in [1.82, 2.24) is 10.1 Å². The first-order chi connectivity index (χ1) is 8.86. The number of hydrogen-bond donors (Lipinski definition) is 1. The number of anilines is 1. The molecule has 4 nitrogen and oxygen atoms in total. The summed E-state index contributed by atoms with van der Waals surface area (Å²) in [5, 5.41) is 6.52. The Balaban J connectivity index is 2.29. The van der Waals surface area contributed by atoms with Crippen LogP contribution in [0.25, 0.3) is 11.4 Å². The Kier molecular flexibility index (Phi) is 3.46. The van der Waals surface area contributed by atoms with Gasteiger partial charge in [-0.25, -0.2) is 0 Å². The molecule has 0 radical (unpaired) electrons. The number of aromatic nitrogens is 2. The second-order valence-corrected chi connectivity index (χ2v) is 4.30. The van der Waals surface area contributed by atoms with Gasteiger partial charge in [0.25, 0.3) is 0 Å². The Hall–Kier alpha value is -2.05. The van der Waals surface area contributed by atoms with Gasteiger partial charge < -0.3 is 9.84 Å². The van der Waals surface area contributed by atoms with Crippen LogP contribution >= 0.6 is 0 Å². The van der Waals surface area contributed by atoms with Crippen molar-refractivity contribution in [3.05, 3.63) is 29.8 Å². The minimum absolute atomic E-state index is 0.0924. The van der Waals surface area contributed by atoms with Gasteiger partial charge in [0.05, 0.1) is 5.56 Å². The van der Waals surface area contributed by atoms with Crippen molar-refractivity contribution in [2.24, 2.45) is 0 Å². The van der Waals surface area contributed by atoms with E-state index in [-0.39, 0.29) is 23.4 Å². The molecule has 0 amide bonds. The molecular formula is C12H12F3N3O. The first-order valence-electron chi connectivity index (χ1n) is 5.64. The molecular weight excluding hydrogens is 259 g/mol. The van der Waals surface area contributed by atoms with Gasteiger partial charge in [0.2, 0.25) is 5.82 Å². The number of hydrogen-bond acceptors (Lipinski definition) is 4. The second-order valence-electron chi connectivity index (χ2n) is 4.30. The first kappa shape index (κ1) is 13.4. The minimum atomic E-state index is -4.39. The van der Waals surface area contributed by atoms with Crippen LogP contribution in [0.4, 0.5) is 19.2 Å². The van der Waals surface area contributed by atoms with Crippen molar-refractivity contribution >= 4 is 6.01 Å². The first-order valence-corrected chi connectivity index (χ1v) is 5.64. The molecule has 0 aliphatic carbocycles. The summed E-state index contributed by atoms with van der Waals surface area (Å²) in [5.41, 5.74) is -0.483. The molecule has 1 heterocycles. The average molecular weight is 271 g/mol. The summed E-state index contributed by atoms with van der Waals surface area (Å²) in [4.78, 5) is 3.99. The van der Waals surface area contributed by atoms with Crippen LogP contribution < -0.4 is 5.32 Å². The molecule has 1 N–H and O–H groups in total. The summed E-state index contributed by atoms with van der Waals surface area (Å²) in [6, 6.07) is 5.07. The largest absolute Gasteiger partial charge is 0.416 e. The monoisotopic (exact) mass is 271 g/mol. The SMILES string of the molecule is CC(C)Nc1nc(-c2cccc(C(F)(F)F)c2)no1. The van der Waals surface area contributed by atoms with E-state index >= 15 is 0 Å². The van der Waals surface area contributed by atoms with Gasteiger partial charge in [-0.2, -0.15) is 18.2 Å². The minimum Gasteiger partial charge on any atom is -0.336 e. The van der Waals surface area contributed by atoms with Crippen molar-refractivity contribution in [3.63, 3.8) is 0 Å². The normalized spacial score (nSPS) is 11.9. The highest BCUT2D eigenvalue weighted by atomic mass is 19.4. The lowest BCUT2D eigenvalue weighted by Crippen LogP contribution is -2.09. The molecule has 0 saturated heterocycles. The molecule has 0 aliphatic heterocycles. The fourth-order valence-corrected chi connectivity index (χ4v) is 1.48. The van der Waals surface area contributed by atoms with E-state index in [0.717, 1.165) is 12.1 Å². The third-order valence-corrected chi connectivity index (χ3v) is 2.29. The van der Waals surface area contributed by atoms with E-state index in [9.17, 15) is 13.2 Å². The Labute approximate surface area is 107 Å². The van der Waals surface area contributed by atoms with Gasteiger partial charge in [0.1, 0.15) is 0 Å².